The van der Waals surface area contributed by atoms with E-state index in [1.54, 1.807) is 24.7 Å². The Morgan fingerprint density at radius 3 is 2.62 bits per heavy atom. The molecule has 3 aromatic rings. The van der Waals surface area contributed by atoms with Crippen LogP contribution in [-0.4, -0.2) is 19.7 Å². The second kappa shape index (κ2) is 6.60. The van der Waals surface area contributed by atoms with Crippen molar-refractivity contribution in [2.45, 2.75) is 26.1 Å². The molecule has 2 aromatic heterocycles. The van der Waals surface area contributed by atoms with E-state index in [2.05, 4.69) is 15.1 Å². The Balaban J connectivity index is 1.93. The van der Waals surface area contributed by atoms with Gasteiger partial charge in [-0.25, -0.2) is 4.98 Å². The third-order valence-corrected chi connectivity index (χ3v) is 4.26. The maximum Gasteiger partial charge on any atom is 0.416 e. The van der Waals surface area contributed by atoms with Gasteiger partial charge in [0.25, 0.3) is 5.56 Å². The van der Waals surface area contributed by atoms with E-state index in [0.717, 1.165) is 12.1 Å². The Morgan fingerprint density at radius 1 is 1.27 bits per heavy atom. The van der Waals surface area contributed by atoms with Gasteiger partial charge in [-0.05, 0) is 31.5 Å². The predicted octanol–water partition coefficient (Wildman–Crippen LogP) is 4.22. The first kappa shape index (κ1) is 18.2. The fraction of sp³-hybridized carbons (Fsp3) is 0.235. The van der Waals surface area contributed by atoms with E-state index in [0.29, 0.717) is 22.6 Å². The van der Waals surface area contributed by atoms with E-state index in [-0.39, 0.29) is 10.6 Å². The van der Waals surface area contributed by atoms with E-state index in [1.165, 1.54) is 18.3 Å². The van der Waals surface area contributed by atoms with Crippen LogP contribution in [0.2, 0.25) is 5.02 Å². The van der Waals surface area contributed by atoms with Crippen molar-refractivity contribution in [3.63, 3.8) is 0 Å². The molecule has 0 fully saturated rings. The number of nitrogens with one attached hydrogen (secondary N) is 1. The third kappa shape index (κ3) is 3.65. The number of aromatic nitrogens is 4. The smallest absolute Gasteiger partial charge is 0.311 e. The number of benzene rings is 1. The maximum absolute atomic E-state index is 12.8. The number of hydrogen-bond donors (Lipinski definition) is 1. The Hall–Kier alpha value is -2.61. The molecule has 0 bridgehead atoms. The van der Waals surface area contributed by atoms with E-state index in [4.69, 9.17) is 11.6 Å². The van der Waals surface area contributed by atoms with Crippen LogP contribution in [0.5, 0.6) is 0 Å². The molecule has 0 amide bonds. The van der Waals surface area contributed by atoms with E-state index < -0.39 is 17.8 Å². The molecule has 0 spiro atoms. The lowest BCUT2D eigenvalue weighted by Crippen LogP contribution is -2.10. The summed E-state index contributed by atoms with van der Waals surface area (Å²) in [5, 5.41) is 4.23. The molecular weight excluding hydrogens is 369 g/mol. The van der Waals surface area contributed by atoms with Gasteiger partial charge in [-0.2, -0.15) is 18.3 Å². The van der Waals surface area contributed by atoms with Crippen LogP contribution in [0, 0.1) is 6.92 Å². The van der Waals surface area contributed by atoms with Crippen LogP contribution >= 0.6 is 11.6 Å². The molecule has 0 saturated carbocycles. The van der Waals surface area contributed by atoms with Crippen molar-refractivity contribution in [3.05, 3.63) is 69.0 Å². The van der Waals surface area contributed by atoms with Crippen LogP contribution in [0.4, 0.5) is 13.2 Å². The second-order valence-corrected chi connectivity index (χ2v) is 6.24. The first-order valence-electron chi connectivity index (χ1n) is 7.64. The summed E-state index contributed by atoms with van der Waals surface area (Å²) in [7, 11) is 0. The van der Waals surface area contributed by atoms with Gasteiger partial charge in [0.15, 0.2) is 0 Å². The Labute approximate surface area is 151 Å². The molecule has 2 heterocycles. The van der Waals surface area contributed by atoms with Gasteiger partial charge >= 0.3 is 6.18 Å². The van der Waals surface area contributed by atoms with Crippen molar-refractivity contribution in [2.75, 3.05) is 0 Å². The summed E-state index contributed by atoms with van der Waals surface area (Å²) in [5.74, 6) is 0.471. The van der Waals surface area contributed by atoms with Gasteiger partial charge in [0.2, 0.25) is 0 Å². The molecule has 5 nitrogen and oxygen atoms in total. The largest absolute Gasteiger partial charge is 0.416 e. The number of rotatable bonds is 3. The van der Waals surface area contributed by atoms with Crippen LogP contribution in [0.25, 0.3) is 11.3 Å². The number of nitrogens with zero attached hydrogens (tertiary/aromatic N) is 3. The minimum absolute atomic E-state index is 0.00880. The normalized spacial score (nSPS) is 13.0. The van der Waals surface area contributed by atoms with Gasteiger partial charge < -0.3 is 4.98 Å². The predicted molar refractivity (Wildman–Crippen MR) is 91.1 cm³/mol. The summed E-state index contributed by atoms with van der Waals surface area (Å²) < 4.78 is 39.9. The Morgan fingerprint density at radius 2 is 2.00 bits per heavy atom. The lowest BCUT2D eigenvalue weighted by Gasteiger charge is -2.16. The number of aryl methyl sites for hydroxylation is 1. The van der Waals surface area contributed by atoms with Crippen molar-refractivity contribution in [1.82, 2.24) is 19.7 Å². The van der Waals surface area contributed by atoms with E-state index >= 15 is 0 Å². The highest BCUT2D eigenvalue weighted by Gasteiger charge is 2.31. The lowest BCUT2D eigenvalue weighted by molar-refractivity contribution is -0.137. The second-order valence-electron chi connectivity index (χ2n) is 5.84. The van der Waals surface area contributed by atoms with Crippen LogP contribution in [0.15, 0.2) is 41.5 Å². The van der Waals surface area contributed by atoms with Gasteiger partial charge in [0, 0.05) is 22.8 Å². The molecule has 136 valence electrons. The van der Waals surface area contributed by atoms with Gasteiger partial charge in [-0.15, -0.1) is 0 Å². The summed E-state index contributed by atoms with van der Waals surface area (Å²) >= 11 is 6.05. The minimum atomic E-state index is -4.45. The van der Waals surface area contributed by atoms with Crippen LogP contribution in [0.1, 0.15) is 29.9 Å². The van der Waals surface area contributed by atoms with E-state index in [1.807, 2.05) is 0 Å². The molecule has 0 aliphatic carbocycles. The number of halogens is 4. The van der Waals surface area contributed by atoms with Gasteiger partial charge in [-0.1, -0.05) is 17.7 Å². The fourth-order valence-electron chi connectivity index (χ4n) is 2.59. The summed E-state index contributed by atoms with van der Waals surface area (Å²) in [5.41, 5.74) is 0.503. The van der Waals surface area contributed by atoms with Crippen molar-refractivity contribution in [1.29, 1.82) is 0 Å². The monoisotopic (exact) mass is 382 g/mol. The minimum Gasteiger partial charge on any atom is -0.311 e. The molecule has 0 aliphatic heterocycles. The first-order valence-corrected chi connectivity index (χ1v) is 8.02. The number of hydrogen-bond acceptors (Lipinski definition) is 3. The first-order chi connectivity index (χ1) is 12.1. The zero-order valence-corrected chi connectivity index (χ0v) is 14.6. The SMILES string of the molecule is Cc1nc(-c2cnn([C@H](C)c3ccc(C(F)(F)F)cc3Cl)c2)cc(=O)[nH]1. The zero-order chi connectivity index (χ0) is 19.1. The highest BCUT2D eigenvalue weighted by molar-refractivity contribution is 6.31. The van der Waals surface area contributed by atoms with Crippen LogP contribution in [-0.2, 0) is 6.18 Å². The average Bonchev–Trinajstić information content (AvgIpc) is 3.02. The summed E-state index contributed by atoms with van der Waals surface area (Å²) in [6.07, 6.45) is -1.25. The summed E-state index contributed by atoms with van der Waals surface area (Å²) in [6.45, 7) is 3.43. The van der Waals surface area contributed by atoms with Crippen LogP contribution in [0.3, 0.4) is 0 Å². The van der Waals surface area contributed by atoms with Crippen LogP contribution < -0.4 is 5.56 Å². The molecule has 1 atom stereocenters. The van der Waals surface area contributed by atoms with Crippen molar-refractivity contribution < 1.29 is 13.2 Å². The van der Waals surface area contributed by atoms with Gasteiger partial charge in [-0.3, -0.25) is 9.48 Å². The quantitative estimate of drug-likeness (QED) is 0.737. The molecule has 0 radical (unpaired) electrons. The van der Waals surface area contributed by atoms with Crippen molar-refractivity contribution >= 4 is 11.6 Å². The Bertz CT molecular complexity index is 1010. The van der Waals surface area contributed by atoms with Crippen molar-refractivity contribution in [3.8, 4) is 11.3 Å². The molecule has 1 N–H and O–H groups in total. The molecule has 0 unspecified atom stereocenters. The lowest BCUT2D eigenvalue weighted by atomic mass is 10.1. The van der Waals surface area contributed by atoms with Crippen molar-refractivity contribution in [2.24, 2.45) is 0 Å². The fourth-order valence-corrected chi connectivity index (χ4v) is 2.93. The highest BCUT2D eigenvalue weighted by atomic mass is 35.5. The number of H-pyrrole nitrogens is 1. The maximum atomic E-state index is 12.8. The highest BCUT2D eigenvalue weighted by Crippen LogP contribution is 2.34. The third-order valence-electron chi connectivity index (χ3n) is 3.93. The van der Waals surface area contributed by atoms with E-state index in [9.17, 15) is 18.0 Å². The number of aromatic amines is 1. The average molecular weight is 383 g/mol. The molecule has 9 heteroatoms. The topological polar surface area (TPSA) is 63.6 Å². The Kier molecular flexibility index (Phi) is 4.62. The van der Waals surface area contributed by atoms with Gasteiger partial charge in [0.05, 0.1) is 23.5 Å². The molecule has 1 aromatic carbocycles. The molecule has 0 aliphatic rings. The summed E-state index contributed by atoms with van der Waals surface area (Å²) in [4.78, 5) is 18.4. The van der Waals surface area contributed by atoms with Gasteiger partial charge in [0.1, 0.15) is 5.82 Å². The zero-order valence-electron chi connectivity index (χ0n) is 13.8. The molecule has 26 heavy (non-hydrogen) atoms. The molecular formula is C17H14ClF3N4O. The molecule has 3 rings (SSSR count). The summed E-state index contributed by atoms with van der Waals surface area (Å²) in [6, 6.07) is 4.18. The standard InChI is InChI=1S/C17H14ClF3N4O/c1-9(13-4-3-12(5-14(13)18)17(19,20)21)25-8-11(7-22-25)15-6-16(26)24-10(2)23-15/h3-9H,1-2H3,(H,23,24,26)/t9-/m1/s1. The number of alkyl halides is 3. The molecule has 0 saturated heterocycles.